The Labute approximate surface area is 153 Å². The van der Waals surface area contributed by atoms with Crippen LogP contribution in [0, 0.1) is 0 Å². The number of hydrogen-bond acceptors (Lipinski definition) is 7. The predicted molar refractivity (Wildman–Crippen MR) is 98.2 cm³/mol. The van der Waals surface area contributed by atoms with Gasteiger partial charge in [0.25, 0.3) is 5.56 Å². The van der Waals surface area contributed by atoms with Crippen molar-refractivity contribution in [2.45, 2.75) is 44.3 Å². The highest BCUT2D eigenvalue weighted by Gasteiger charge is 2.17. The van der Waals surface area contributed by atoms with Crippen molar-refractivity contribution in [2.24, 2.45) is 0 Å². The minimum atomic E-state index is -0.0500. The van der Waals surface area contributed by atoms with E-state index in [9.17, 15) is 4.79 Å². The maximum Gasteiger partial charge on any atom is 0.262 e. The van der Waals surface area contributed by atoms with Crippen LogP contribution in [0.15, 0.2) is 34.2 Å². The maximum absolute atomic E-state index is 12.7. The standard InChI is InChI=1S/C16H18N8OS/c1-4-22-14(25)11-7-5-6-8-12(11)23-13(17-18-15(22)23)9-26-16-19-20-21-24(16)10(2)3/h5-8,10H,4,9H2,1-3H3. The zero-order chi connectivity index (χ0) is 18.3. The van der Waals surface area contributed by atoms with Crippen molar-refractivity contribution in [1.29, 1.82) is 0 Å². The molecule has 0 fully saturated rings. The molecular formula is C16H18N8OS. The third-order valence-corrected chi connectivity index (χ3v) is 5.10. The molecule has 0 radical (unpaired) electrons. The highest BCUT2D eigenvalue weighted by atomic mass is 32.2. The molecule has 0 aliphatic heterocycles. The largest absolute Gasteiger partial charge is 0.277 e. The second-order valence-electron chi connectivity index (χ2n) is 6.11. The van der Waals surface area contributed by atoms with E-state index in [0.717, 1.165) is 16.5 Å². The second-order valence-corrected chi connectivity index (χ2v) is 7.05. The van der Waals surface area contributed by atoms with Crippen LogP contribution in [0.3, 0.4) is 0 Å². The lowest BCUT2D eigenvalue weighted by atomic mass is 10.2. The molecular weight excluding hydrogens is 352 g/mol. The molecule has 3 aromatic heterocycles. The van der Waals surface area contributed by atoms with Crippen molar-refractivity contribution in [3.63, 3.8) is 0 Å². The summed E-state index contributed by atoms with van der Waals surface area (Å²) < 4.78 is 5.35. The fourth-order valence-corrected chi connectivity index (χ4v) is 3.85. The summed E-state index contributed by atoms with van der Waals surface area (Å²) in [5.74, 6) is 1.84. The Morgan fingerprint density at radius 1 is 1.15 bits per heavy atom. The molecule has 0 saturated carbocycles. The van der Waals surface area contributed by atoms with Crippen LogP contribution in [0.2, 0.25) is 0 Å². The van der Waals surface area contributed by atoms with Crippen molar-refractivity contribution in [3.8, 4) is 0 Å². The molecule has 9 nitrogen and oxygen atoms in total. The van der Waals surface area contributed by atoms with Gasteiger partial charge in [0.2, 0.25) is 10.9 Å². The van der Waals surface area contributed by atoms with Crippen molar-refractivity contribution >= 4 is 28.4 Å². The molecule has 4 rings (SSSR count). The van der Waals surface area contributed by atoms with Gasteiger partial charge in [-0.05, 0) is 43.3 Å². The van der Waals surface area contributed by atoms with Crippen molar-refractivity contribution in [2.75, 3.05) is 0 Å². The molecule has 0 bridgehead atoms. The first-order valence-corrected chi connectivity index (χ1v) is 9.36. The number of hydrogen-bond donors (Lipinski definition) is 0. The number of benzene rings is 1. The van der Waals surface area contributed by atoms with Crippen LogP contribution >= 0.6 is 11.8 Å². The zero-order valence-electron chi connectivity index (χ0n) is 14.7. The monoisotopic (exact) mass is 370 g/mol. The molecule has 10 heteroatoms. The first kappa shape index (κ1) is 16.7. The molecule has 0 N–H and O–H groups in total. The van der Waals surface area contributed by atoms with Crippen LogP contribution in [0.1, 0.15) is 32.6 Å². The fourth-order valence-electron chi connectivity index (χ4n) is 2.93. The van der Waals surface area contributed by atoms with E-state index >= 15 is 0 Å². The van der Waals surface area contributed by atoms with Crippen molar-refractivity contribution in [1.82, 2.24) is 39.4 Å². The summed E-state index contributed by atoms with van der Waals surface area (Å²) in [6.07, 6.45) is 0. The Hall–Kier alpha value is -2.75. The number of aromatic nitrogens is 8. The smallest absolute Gasteiger partial charge is 0.262 e. The van der Waals surface area contributed by atoms with Gasteiger partial charge in [-0.2, -0.15) is 0 Å². The van der Waals surface area contributed by atoms with E-state index in [1.165, 1.54) is 11.8 Å². The van der Waals surface area contributed by atoms with Crippen LogP contribution in [-0.4, -0.2) is 39.4 Å². The fraction of sp³-hybridized carbons (Fsp3) is 0.375. The number of nitrogens with zero attached hydrogens (tertiary/aromatic N) is 8. The normalized spacial score (nSPS) is 11.8. The van der Waals surface area contributed by atoms with Gasteiger partial charge < -0.3 is 0 Å². The van der Waals surface area contributed by atoms with Gasteiger partial charge in [-0.25, -0.2) is 4.68 Å². The Balaban J connectivity index is 1.83. The maximum atomic E-state index is 12.7. The lowest BCUT2D eigenvalue weighted by molar-refractivity contribution is 0.477. The minimum Gasteiger partial charge on any atom is -0.277 e. The Bertz CT molecular complexity index is 1140. The van der Waals surface area contributed by atoms with Gasteiger partial charge in [0.1, 0.15) is 5.82 Å². The van der Waals surface area contributed by atoms with Gasteiger partial charge in [-0.1, -0.05) is 23.9 Å². The molecule has 0 amide bonds. The summed E-state index contributed by atoms with van der Waals surface area (Å²) in [5.41, 5.74) is 0.757. The molecule has 0 unspecified atom stereocenters. The number of fused-ring (bicyclic) bond motifs is 3. The lowest BCUT2D eigenvalue weighted by Crippen LogP contribution is -2.22. The van der Waals surface area contributed by atoms with Gasteiger partial charge in [0.05, 0.1) is 22.7 Å². The average molecular weight is 370 g/mol. The lowest BCUT2D eigenvalue weighted by Gasteiger charge is -2.10. The Morgan fingerprint density at radius 3 is 2.73 bits per heavy atom. The van der Waals surface area contributed by atoms with E-state index in [1.807, 2.05) is 49.4 Å². The topological polar surface area (TPSA) is 95.8 Å². The summed E-state index contributed by atoms with van der Waals surface area (Å²) in [5, 5.41) is 21.8. The van der Waals surface area contributed by atoms with Gasteiger partial charge >= 0.3 is 0 Å². The van der Waals surface area contributed by atoms with Gasteiger partial charge in [-0.15, -0.1) is 15.3 Å². The first-order valence-electron chi connectivity index (χ1n) is 8.38. The van der Waals surface area contributed by atoms with Crippen LogP contribution in [-0.2, 0) is 12.3 Å². The highest BCUT2D eigenvalue weighted by Crippen LogP contribution is 2.23. The van der Waals surface area contributed by atoms with Crippen LogP contribution in [0.4, 0.5) is 0 Å². The van der Waals surface area contributed by atoms with E-state index in [-0.39, 0.29) is 11.6 Å². The van der Waals surface area contributed by atoms with Gasteiger partial charge in [0.15, 0.2) is 0 Å². The molecule has 0 saturated heterocycles. The van der Waals surface area contributed by atoms with Crippen molar-refractivity contribution in [3.05, 3.63) is 40.4 Å². The van der Waals surface area contributed by atoms with Crippen LogP contribution in [0.5, 0.6) is 0 Å². The Kier molecular flexibility index (Phi) is 4.19. The molecule has 4 aromatic rings. The number of rotatable bonds is 5. The average Bonchev–Trinajstić information content (AvgIpc) is 3.27. The SMILES string of the molecule is CCn1c(=O)c2ccccc2n2c(CSc3nnnn3C(C)C)nnc12. The third-order valence-electron chi connectivity index (χ3n) is 4.17. The van der Waals surface area contributed by atoms with E-state index < -0.39 is 0 Å². The number of thioether (sulfide) groups is 1. The van der Waals surface area contributed by atoms with E-state index in [0.29, 0.717) is 23.5 Å². The van der Waals surface area contributed by atoms with E-state index in [2.05, 4.69) is 25.7 Å². The van der Waals surface area contributed by atoms with Crippen LogP contribution < -0.4 is 5.56 Å². The summed E-state index contributed by atoms with van der Waals surface area (Å²) in [6, 6.07) is 7.70. The Morgan fingerprint density at radius 2 is 1.96 bits per heavy atom. The van der Waals surface area contributed by atoms with Gasteiger partial charge in [0, 0.05) is 6.54 Å². The molecule has 0 atom stereocenters. The van der Waals surface area contributed by atoms with E-state index in [4.69, 9.17) is 0 Å². The summed E-state index contributed by atoms with van der Waals surface area (Å²) in [7, 11) is 0. The number of aryl methyl sites for hydroxylation is 1. The molecule has 1 aromatic carbocycles. The quantitative estimate of drug-likeness (QED) is 0.495. The first-order chi connectivity index (χ1) is 12.6. The molecule has 26 heavy (non-hydrogen) atoms. The molecule has 0 aliphatic rings. The summed E-state index contributed by atoms with van der Waals surface area (Å²) in [6.45, 7) is 6.51. The number of para-hydroxylation sites is 1. The molecule has 0 spiro atoms. The van der Waals surface area contributed by atoms with Crippen molar-refractivity contribution < 1.29 is 0 Å². The second kappa shape index (κ2) is 6.52. The van der Waals surface area contributed by atoms with E-state index in [1.54, 1.807) is 9.25 Å². The summed E-state index contributed by atoms with van der Waals surface area (Å²) in [4.78, 5) is 12.7. The number of tetrazole rings is 1. The third kappa shape index (κ3) is 2.57. The molecule has 0 aliphatic carbocycles. The zero-order valence-corrected chi connectivity index (χ0v) is 15.5. The van der Waals surface area contributed by atoms with Crippen LogP contribution in [0.25, 0.3) is 16.7 Å². The molecule has 134 valence electrons. The summed E-state index contributed by atoms with van der Waals surface area (Å²) >= 11 is 1.50. The minimum absolute atomic E-state index is 0.0500. The molecule has 3 heterocycles. The highest BCUT2D eigenvalue weighted by molar-refractivity contribution is 7.98. The van der Waals surface area contributed by atoms with Gasteiger partial charge in [-0.3, -0.25) is 13.8 Å². The predicted octanol–water partition coefficient (Wildman–Crippen LogP) is 1.92.